The summed E-state index contributed by atoms with van der Waals surface area (Å²) in [6.07, 6.45) is 0.777. The number of ether oxygens (including phenoxy) is 2. The summed E-state index contributed by atoms with van der Waals surface area (Å²) in [6, 6.07) is 12.9. The summed E-state index contributed by atoms with van der Waals surface area (Å²) in [7, 11) is 0. The molecule has 0 fully saturated rings. The van der Waals surface area contributed by atoms with Crippen molar-refractivity contribution in [1.82, 2.24) is 10.5 Å². The molecule has 0 bridgehead atoms. The number of nitrogens with one attached hydrogen (secondary N) is 1. The van der Waals surface area contributed by atoms with E-state index in [4.69, 9.17) is 25.6 Å². The highest BCUT2D eigenvalue weighted by Gasteiger charge is 2.36. The van der Waals surface area contributed by atoms with Gasteiger partial charge < -0.3 is 24.2 Å². The van der Waals surface area contributed by atoms with Gasteiger partial charge in [0.05, 0.1) is 18.8 Å². The van der Waals surface area contributed by atoms with Gasteiger partial charge in [-0.15, -0.1) is 0 Å². The number of rotatable bonds is 14. The highest BCUT2D eigenvalue weighted by molar-refractivity contribution is 6.30. The third kappa shape index (κ3) is 7.76. The minimum atomic E-state index is -1.12. The van der Waals surface area contributed by atoms with Crippen molar-refractivity contribution >= 4 is 17.6 Å². The molecule has 0 aliphatic rings. The van der Waals surface area contributed by atoms with Crippen LogP contribution >= 0.6 is 11.6 Å². The molecule has 2 aromatic carbocycles. The summed E-state index contributed by atoms with van der Waals surface area (Å²) in [5.74, 6) is -1.18. The first-order valence-electron chi connectivity index (χ1n) is 11.5. The molecule has 8 nitrogen and oxygen atoms in total. The van der Waals surface area contributed by atoms with E-state index in [-0.39, 0.29) is 44.1 Å². The smallest absolute Gasteiger partial charge is 0.311 e. The second-order valence-corrected chi connectivity index (χ2v) is 9.21. The summed E-state index contributed by atoms with van der Waals surface area (Å²) in [6.45, 7) is 4.16. The van der Waals surface area contributed by atoms with Crippen molar-refractivity contribution < 1.29 is 33.4 Å². The summed E-state index contributed by atoms with van der Waals surface area (Å²) < 4.78 is 30.2. The van der Waals surface area contributed by atoms with E-state index in [2.05, 4.69) is 10.5 Å². The van der Waals surface area contributed by atoms with E-state index in [9.17, 15) is 19.4 Å². The summed E-state index contributed by atoms with van der Waals surface area (Å²) in [5, 5.41) is 26.2. The Morgan fingerprint density at radius 2 is 1.97 bits per heavy atom. The Morgan fingerprint density at radius 1 is 1.22 bits per heavy atom. The van der Waals surface area contributed by atoms with Gasteiger partial charge in [-0.2, -0.15) is 0 Å². The molecule has 36 heavy (non-hydrogen) atoms. The minimum Gasteiger partial charge on any atom is -0.491 e. The molecule has 0 saturated carbocycles. The van der Waals surface area contributed by atoms with Crippen molar-refractivity contribution in [3.05, 3.63) is 70.7 Å². The van der Waals surface area contributed by atoms with Gasteiger partial charge in [0.1, 0.15) is 12.4 Å². The van der Waals surface area contributed by atoms with E-state index in [0.29, 0.717) is 34.9 Å². The first-order valence-corrected chi connectivity index (χ1v) is 11.9. The zero-order valence-electron chi connectivity index (χ0n) is 20.2. The number of aliphatic carboxylic acids is 1. The van der Waals surface area contributed by atoms with Crippen LogP contribution in [-0.4, -0.2) is 47.3 Å². The van der Waals surface area contributed by atoms with E-state index in [1.165, 1.54) is 18.2 Å². The Bertz CT molecular complexity index is 1140. The lowest BCUT2D eigenvalue weighted by Gasteiger charge is -2.30. The Labute approximate surface area is 214 Å². The van der Waals surface area contributed by atoms with Crippen molar-refractivity contribution in [3.63, 3.8) is 0 Å². The van der Waals surface area contributed by atoms with Crippen LogP contribution in [-0.2, 0) is 27.3 Å². The lowest BCUT2D eigenvalue weighted by molar-refractivity contribution is -0.152. The van der Waals surface area contributed by atoms with Crippen molar-refractivity contribution in [1.29, 1.82) is 0 Å². The molecular weight excluding hydrogens is 491 g/mol. The van der Waals surface area contributed by atoms with Crippen LogP contribution < -0.4 is 5.32 Å². The quantitative estimate of drug-likeness (QED) is 0.200. The highest BCUT2D eigenvalue weighted by Crippen LogP contribution is 2.28. The van der Waals surface area contributed by atoms with Gasteiger partial charge in [-0.05, 0) is 61.2 Å². The molecule has 0 aliphatic heterocycles. The van der Waals surface area contributed by atoms with Crippen LogP contribution in [0.5, 0.6) is 5.88 Å². The fourth-order valence-corrected chi connectivity index (χ4v) is 3.99. The average Bonchev–Trinajstić information content (AvgIpc) is 3.27. The van der Waals surface area contributed by atoms with Crippen LogP contribution in [0.3, 0.4) is 0 Å². The maximum absolute atomic E-state index is 14.3. The van der Waals surface area contributed by atoms with Gasteiger partial charge in [-0.1, -0.05) is 35.9 Å². The largest absolute Gasteiger partial charge is 0.491 e. The Balaban J connectivity index is 1.71. The topological polar surface area (TPSA) is 114 Å². The van der Waals surface area contributed by atoms with Crippen molar-refractivity contribution in [3.8, 4) is 17.0 Å². The van der Waals surface area contributed by atoms with Crippen LogP contribution in [0.2, 0.25) is 5.02 Å². The molecule has 2 atom stereocenters. The monoisotopic (exact) mass is 520 g/mol. The Hall–Kier alpha value is -2.98. The van der Waals surface area contributed by atoms with Gasteiger partial charge >= 0.3 is 5.97 Å². The molecule has 0 unspecified atom stereocenters. The number of nitrogens with zero attached hydrogens (tertiary/aromatic N) is 1. The number of carboxylic acid groups (broad SMARTS) is 1. The predicted molar refractivity (Wildman–Crippen MR) is 132 cm³/mol. The van der Waals surface area contributed by atoms with Crippen LogP contribution in [0.25, 0.3) is 11.1 Å². The van der Waals surface area contributed by atoms with Gasteiger partial charge in [-0.3, -0.25) is 10.1 Å². The molecule has 0 amide bonds. The first kappa shape index (κ1) is 27.6. The van der Waals surface area contributed by atoms with Crippen LogP contribution in [0.1, 0.15) is 31.6 Å². The molecule has 3 N–H and O–H groups in total. The summed E-state index contributed by atoms with van der Waals surface area (Å²) in [4.78, 5) is 12.1. The molecule has 3 rings (SSSR count). The average molecular weight is 521 g/mol. The van der Waals surface area contributed by atoms with Crippen LogP contribution in [0, 0.1) is 11.2 Å². The molecule has 0 saturated heterocycles. The molecule has 0 spiro atoms. The standard InChI is InChI=1S/C26H30ClFN2O6/c1-3-34-15-26(2,25(32)33)13-20(29-16-35-14-21-12-24(31)30-36-21)10-17-4-6-18(7-5-17)22-11-19(27)8-9-23(22)28/h4-9,11-12,20,29H,3,10,13-16H2,1-2H3,(H,30,31)(H,32,33)/t20-,26+/m1/s1. The van der Waals surface area contributed by atoms with E-state index < -0.39 is 11.4 Å². The predicted octanol–water partition coefficient (Wildman–Crippen LogP) is 5.03. The molecule has 10 heteroatoms. The molecule has 0 radical (unpaired) electrons. The zero-order valence-corrected chi connectivity index (χ0v) is 20.9. The Morgan fingerprint density at radius 3 is 2.61 bits per heavy atom. The highest BCUT2D eigenvalue weighted by atomic mass is 35.5. The number of hydrogen-bond donors (Lipinski definition) is 3. The number of aromatic nitrogens is 1. The van der Waals surface area contributed by atoms with Crippen LogP contribution in [0.4, 0.5) is 4.39 Å². The maximum Gasteiger partial charge on any atom is 0.311 e. The fraction of sp³-hybridized carbons (Fsp3) is 0.385. The lowest BCUT2D eigenvalue weighted by Crippen LogP contribution is -2.43. The van der Waals surface area contributed by atoms with Crippen molar-refractivity contribution in [2.75, 3.05) is 19.9 Å². The summed E-state index contributed by atoms with van der Waals surface area (Å²) >= 11 is 6.02. The molecular formula is C26H30ClFN2O6. The molecule has 3 aromatic rings. The van der Waals surface area contributed by atoms with E-state index in [1.807, 2.05) is 31.2 Å². The number of aromatic hydroxyl groups is 1. The first-order chi connectivity index (χ1) is 17.2. The zero-order chi connectivity index (χ0) is 26.1. The van der Waals surface area contributed by atoms with E-state index in [0.717, 1.165) is 5.56 Å². The van der Waals surface area contributed by atoms with Crippen LogP contribution in [0.15, 0.2) is 53.1 Å². The van der Waals surface area contributed by atoms with Gasteiger partial charge in [0, 0.05) is 29.3 Å². The minimum absolute atomic E-state index is 0.0716. The molecule has 194 valence electrons. The van der Waals surface area contributed by atoms with Crippen molar-refractivity contribution in [2.45, 2.75) is 39.3 Å². The van der Waals surface area contributed by atoms with E-state index in [1.54, 1.807) is 13.0 Å². The fourth-order valence-electron chi connectivity index (χ4n) is 3.82. The van der Waals surface area contributed by atoms with Gasteiger partial charge in [0.15, 0.2) is 5.76 Å². The lowest BCUT2D eigenvalue weighted by atomic mass is 9.82. The number of carbonyl (C=O) groups is 1. The normalized spacial score (nSPS) is 13.9. The van der Waals surface area contributed by atoms with Gasteiger partial charge in [0.25, 0.3) is 5.88 Å². The third-order valence-corrected chi connectivity index (χ3v) is 6.01. The molecule has 1 heterocycles. The van der Waals surface area contributed by atoms with Crippen molar-refractivity contribution in [2.24, 2.45) is 5.41 Å². The number of halogens is 2. The number of hydrogen-bond acceptors (Lipinski definition) is 7. The third-order valence-electron chi connectivity index (χ3n) is 5.78. The SMILES string of the molecule is CCOC[C@](C)(C[C@@H](Cc1ccc(-c2cc(Cl)ccc2F)cc1)NCOCc1cc(O)no1)C(=O)O. The van der Waals surface area contributed by atoms with E-state index >= 15 is 0 Å². The number of carboxylic acids is 1. The second kappa shape index (κ2) is 12.8. The van der Waals surface area contributed by atoms with Gasteiger partial charge in [0.2, 0.25) is 0 Å². The maximum atomic E-state index is 14.3. The Kier molecular flexibility index (Phi) is 9.83. The second-order valence-electron chi connectivity index (χ2n) is 8.78. The molecule has 0 aliphatic carbocycles. The van der Waals surface area contributed by atoms with Gasteiger partial charge in [-0.25, -0.2) is 4.39 Å². The molecule has 1 aromatic heterocycles. The summed E-state index contributed by atoms with van der Waals surface area (Å²) in [5.41, 5.74) is 0.913. The number of benzene rings is 2.